The number of aromatic nitrogens is 2. The van der Waals surface area contributed by atoms with Gasteiger partial charge in [-0.3, -0.25) is 5.43 Å². The third-order valence-electron chi connectivity index (χ3n) is 6.94. The van der Waals surface area contributed by atoms with Crippen molar-refractivity contribution in [3.63, 3.8) is 0 Å². The first-order chi connectivity index (χ1) is 15.7. The number of hydrogen-bond acceptors (Lipinski definition) is 8. The van der Waals surface area contributed by atoms with Crippen LogP contribution in [0.25, 0.3) is 0 Å². The van der Waals surface area contributed by atoms with Crippen LogP contribution in [0.3, 0.4) is 0 Å². The molecule has 3 atom stereocenters. The second kappa shape index (κ2) is 10.3. The predicted molar refractivity (Wildman–Crippen MR) is 136 cm³/mol. The molecular weight excluding hydrogens is 475 g/mol. The number of benzene rings is 1. The van der Waals surface area contributed by atoms with Gasteiger partial charge < -0.3 is 20.1 Å². The average Bonchev–Trinajstić information content (AvgIpc) is 3.14. The number of aliphatic hydroxyl groups excluding tert-OH is 1. The number of rotatable bonds is 5. The van der Waals surface area contributed by atoms with Gasteiger partial charge in [0.15, 0.2) is 5.82 Å². The monoisotopic (exact) mass is 504 g/mol. The molecule has 2 aromatic rings. The van der Waals surface area contributed by atoms with Crippen molar-refractivity contribution in [3.05, 3.63) is 71.6 Å². The fraction of sp³-hybridized carbons (Fsp3) is 0.417. The lowest BCUT2D eigenvalue weighted by atomic mass is 9.72. The van der Waals surface area contributed by atoms with Crippen LogP contribution in [0.5, 0.6) is 0 Å². The highest BCUT2D eigenvalue weighted by atomic mass is 35.5. The van der Waals surface area contributed by atoms with Crippen LogP contribution >= 0.6 is 24.8 Å². The van der Waals surface area contributed by atoms with E-state index in [2.05, 4.69) is 56.1 Å². The van der Waals surface area contributed by atoms with Crippen molar-refractivity contribution in [2.75, 3.05) is 23.5 Å². The first kappa shape index (κ1) is 24.4. The van der Waals surface area contributed by atoms with Crippen LogP contribution in [0.15, 0.2) is 66.1 Å². The molecule has 3 unspecified atom stereocenters. The largest absolute Gasteiger partial charge is 0.493 e. The van der Waals surface area contributed by atoms with Crippen LogP contribution in [0.2, 0.25) is 0 Å². The Morgan fingerprint density at radius 3 is 2.85 bits per heavy atom. The molecule has 6 rings (SSSR count). The minimum Gasteiger partial charge on any atom is -0.493 e. The third kappa shape index (κ3) is 4.62. The van der Waals surface area contributed by atoms with E-state index in [9.17, 15) is 5.11 Å². The molecule has 34 heavy (non-hydrogen) atoms. The molecule has 2 fully saturated rings. The molecule has 1 aliphatic carbocycles. The van der Waals surface area contributed by atoms with Crippen molar-refractivity contribution < 1.29 is 9.84 Å². The molecule has 8 nitrogen and oxygen atoms in total. The Morgan fingerprint density at radius 1 is 1.18 bits per heavy atom. The van der Waals surface area contributed by atoms with Crippen LogP contribution in [0, 0.1) is 5.92 Å². The van der Waals surface area contributed by atoms with Crippen LogP contribution in [0.1, 0.15) is 31.2 Å². The first-order valence-electron chi connectivity index (χ1n) is 11.4. The number of halogens is 2. The van der Waals surface area contributed by atoms with Crippen molar-refractivity contribution in [1.29, 1.82) is 0 Å². The highest BCUT2D eigenvalue weighted by Gasteiger charge is 2.43. The number of nitrogens with zero attached hydrogens (tertiary/aromatic N) is 4. The van der Waals surface area contributed by atoms with Gasteiger partial charge in [0.2, 0.25) is 5.88 Å². The lowest BCUT2D eigenvalue weighted by Crippen LogP contribution is -2.53. The summed E-state index contributed by atoms with van der Waals surface area (Å²) in [4.78, 5) is 11.1. The van der Waals surface area contributed by atoms with E-state index in [4.69, 9.17) is 4.74 Å². The quantitative estimate of drug-likeness (QED) is 0.559. The molecule has 3 aliphatic heterocycles. The second-order valence-electron chi connectivity index (χ2n) is 8.96. The van der Waals surface area contributed by atoms with E-state index in [0.29, 0.717) is 23.9 Å². The van der Waals surface area contributed by atoms with Gasteiger partial charge in [0.25, 0.3) is 0 Å². The summed E-state index contributed by atoms with van der Waals surface area (Å²) in [7, 11) is 0. The molecule has 0 bridgehead atoms. The molecule has 0 radical (unpaired) electrons. The molecule has 3 N–H and O–H groups in total. The fourth-order valence-corrected chi connectivity index (χ4v) is 5.16. The molecule has 0 amide bonds. The number of ether oxygens (including phenoxy) is 1. The predicted octanol–water partition coefficient (Wildman–Crippen LogP) is 4.14. The molecule has 1 aromatic carbocycles. The highest BCUT2D eigenvalue weighted by molar-refractivity contribution is 5.85. The van der Waals surface area contributed by atoms with Crippen molar-refractivity contribution in [2.45, 2.75) is 44.4 Å². The zero-order valence-electron chi connectivity index (χ0n) is 18.8. The van der Waals surface area contributed by atoms with Gasteiger partial charge in [0.1, 0.15) is 12.1 Å². The molecule has 1 saturated heterocycles. The van der Waals surface area contributed by atoms with Crippen molar-refractivity contribution in [3.8, 4) is 0 Å². The van der Waals surface area contributed by atoms with Crippen LogP contribution in [-0.4, -0.2) is 45.3 Å². The van der Waals surface area contributed by atoms with E-state index in [1.165, 1.54) is 12.0 Å². The summed E-state index contributed by atoms with van der Waals surface area (Å²) in [6.07, 6.45) is 8.15. The summed E-state index contributed by atoms with van der Waals surface area (Å²) in [5.74, 6) is 2.17. The first-order valence-corrected chi connectivity index (χ1v) is 11.4. The minimum atomic E-state index is 0. The van der Waals surface area contributed by atoms with Gasteiger partial charge in [-0.15, -0.1) is 24.8 Å². The zero-order chi connectivity index (χ0) is 21.5. The molecule has 182 valence electrons. The Morgan fingerprint density at radius 2 is 2.03 bits per heavy atom. The Balaban J connectivity index is 0.00000137. The topological polar surface area (TPSA) is 85.8 Å². The van der Waals surface area contributed by atoms with E-state index in [-0.39, 0.29) is 30.7 Å². The highest BCUT2D eigenvalue weighted by Crippen LogP contribution is 2.39. The maximum atomic E-state index is 10.9. The van der Waals surface area contributed by atoms with Crippen molar-refractivity contribution >= 4 is 36.4 Å². The van der Waals surface area contributed by atoms with Crippen molar-refractivity contribution in [2.24, 2.45) is 5.92 Å². The zero-order valence-corrected chi connectivity index (χ0v) is 20.4. The molecule has 1 saturated carbocycles. The van der Waals surface area contributed by atoms with Crippen molar-refractivity contribution in [1.82, 2.24) is 20.3 Å². The Hall–Kier alpha value is -2.68. The average molecular weight is 505 g/mol. The molecule has 0 spiro atoms. The maximum absolute atomic E-state index is 10.9. The Labute approximate surface area is 211 Å². The van der Waals surface area contributed by atoms with Gasteiger partial charge in [-0.25, -0.2) is 15.0 Å². The smallest absolute Gasteiger partial charge is 0.217 e. The number of allylic oxidation sites excluding steroid dienone is 1. The Bertz CT molecular complexity index is 1070. The number of fused-ring (bicyclic) bond motifs is 2. The summed E-state index contributed by atoms with van der Waals surface area (Å²) in [6.45, 7) is 2.59. The van der Waals surface area contributed by atoms with E-state index in [1.54, 1.807) is 11.3 Å². The maximum Gasteiger partial charge on any atom is 0.217 e. The number of hydrazine groups is 1. The van der Waals surface area contributed by atoms with Gasteiger partial charge in [-0.05, 0) is 31.2 Å². The van der Waals surface area contributed by atoms with Crippen LogP contribution < -0.4 is 15.8 Å². The van der Waals surface area contributed by atoms with E-state index in [1.807, 2.05) is 12.1 Å². The number of aliphatic hydroxyl groups is 1. The van der Waals surface area contributed by atoms with E-state index < -0.39 is 0 Å². The lowest BCUT2D eigenvalue weighted by molar-refractivity contribution is -0.0898. The molecule has 4 heterocycles. The van der Waals surface area contributed by atoms with Gasteiger partial charge in [0.05, 0.1) is 11.8 Å². The summed E-state index contributed by atoms with van der Waals surface area (Å²) >= 11 is 0. The number of anilines is 2. The fourth-order valence-electron chi connectivity index (χ4n) is 5.16. The SMILES string of the molecule is Cl.Cl.OC1=C2CCN(Cc3ccccc3)C=C2NN1c1cc(NC2CC3OCCCC23)ncn1. The van der Waals surface area contributed by atoms with Gasteiger partial charge in [-0.2, -0.15) is 0 Å². The van der Waals surface area contributed by atoms with Gasteiger partial charge >= 0.3 is 0 Å². The molecule has 10 heteroatoms. The van der Waals surface area contributed by atoms with Crippen LogP contribution in [-0.2, 0) is 11.3 Å². The number of nitrogens with one attached hydrogen (secondary N) is 2. The van der Waals surface area contributed by atoms with Gasteiger partial charge in [0, 0.05) is 49.5 Å². The lowest BCUT2D eigenvalue weighted by Gasteiger charge is -2.47. The molecular formula is C24H30Cl2N6O2. The van der Waals surface area contributed by atoms with Crippen LogP contribution in [0.4, 0.5) is 11.6 Å². The summed E-state index contributed by atoms with van der Waals surface area (Å²) in [6, 6.07) is 12.7. The third-order valence-corrected chi connectivity index (χ3v) is 6.94. The van der Waals surface area contributed by atoms with E-state index >= 15 is 0 Å². The standard InChI is InChI=1S/C24H28N6O2.2ClH/c31-24-18-8-9-29(13-16-5-2-1-3-6-16)14-20(18)28-30(24)23-12-22(25-15-26-23)27-19-11-21-17(19)7-4-10-32-21;;/h1-3,5-6,12,14-15,17,19,21,28,31H,4,7-11,13H2,(H,25,26,27);2*1H. The summed E-state index contributed by atoms with van der Waals surface area (Å²) in [5, 5.41) is 16.1. The normalized spacial score (nSPS) is 25.1. The Kier molecular flexibility index (Phi) is 7.40. The van der Waals surface area contributed by atoms with E-state index in [0.717, 1.165) is 56.0 Å². The van der Waals surface area contributed by atoms with Gasteiger partial charge in [-0.1, -0.05) is 30.3 Å². The molecule has 4 aliphatic rings. The number of hydrogen-bond donors (Lipinski definition) is 3. The second-order valence-corrected chi connectivity index (χ2v) is 8.96. The molecule has 1 aromatic heterocycles. The summed E-state index contributed by atoms with van der Waals surface area (Å²) in [5.41, 5.74) is 6.42. The summed E-state index contributed by atoms with van der Waals surface area (Å²) < 4.78 is 5.82. The minimum absolute atomic E-state index is 0.